The normalized spacial score (nSPS) is 21.9. The first-order valence-corrected chi connectivity index (χ1v) is 8.49. The summed E-state index contributed by atoms with van der Waals surface area (Å²) in [6, 6.07) is 9.38. The first-order valence-electron chi connectivity index (χ1n) is 7.33. The lowest BCUT2D eigenvalue weighted by Gasteiger charge is -2.38. The summed E-state index contributed by atoms with van der Waals surface area (Å²) < 4.78 is 5.82. The minimum Gasteiger partial charge on any atom is -0.491 e. The SMILES string of the molecule is CNC(c1cccc(OC(C)C)c1)C1CSCCN1C. The molecule has 4 heteroatoms. The van der Waals surface area contributed by atoms with Crippen LogP contribution in [0.25, 0.3) is 0 Å². The van der Waals surface area contributed by atoms with Gasteiger partial charge in [0.05, 0.1) is 6.10 Å². The van der Waals surface area contributed by atoms with Gasteiger partial charge >= 0.3 is 0 Å². The minimum absolute atomic E-state index is 0.214. The third-order valence-corrected chi connectivity index (χ3v) is 4.78. The van der Waals surface area contributed by atoms with Crippen LogP contribution in [-0.4, -0.2) is 49.2 Å². The van der Waals surface area contributed by atoms with Crippen LogP contribution < -0.4 is 10.1 Å². The second kappa shape index (κ2) is 7.34. The molecule has 0 aromatic heterocycles. The average Bonchev–Trinajstić information content (AvgIpc) is 2.41. The Morgan fingerprint density at radius 2 is 2.20 bits per heavy atom. The van der Waals surface area contributed by atoms with Gasteiger partial charge in [-0.15, -0.1) is 0 Å². The fourth-order valence-corrected chi connectivity index (χ4v) is 3.96. The molecular formula is C16H26N2OS. The van der Waals surface area contributed by atoms with Crippen molar-refractivity contribution in [1.29, 1.82) is 0 Å². The molecule has 0 saturated carbocycles. The van der Waals surface area contributed by atoms with Crippen molar-refractivity contribution in [2.75, 3.05) is 32.1 Å². The molecule has 0 radical (unpaired) electrons. The number of benzene rings is 1. The van der Waals surface area contributed by atoms with E-state index in [2.05, 4.69) is 49.3 Å². The number of hydrogen-bond acceptors (Lipinski definition) is 4. The van der Waals surface area contributed by atoms with E-state index in [1.54, 1.807) is 0 Å². The second-order valence-electron chi connectivity index (χ2n) is 5.63. The van der Waals surface area contributed by atoms with Gasteiger partial charge in [-0.05, 0) is 45.6 Å². The molecule has 2 unspecified atom stereocenters. The Bertz CT molecular complexity index is 425. The lowest BCUT2D eigenvalue weighted by molar-refractivity contribution is 0.219. The number of hydrogen-bond donors (Lipinski definition) is 1. The van der Waals surface area contributed by atoms with Gasteiger partial charge in [-0.3, -0.25) is 4.90 Å². The fraction of sp³-hybridized carbons (Fsp3) is 0.625. The maximum Gasteiger partial charge on any atom is 0.120 e. The van der Waals surface area contributed by atoms with Gasteiger partial charge in [-0.25, -0.2) is 0 Å². The Kier molecular flexibility index (Phi) is 5.75. The molecule has 20 heavy (non-hydrogen) atoms. The van der Waals surface area contributed by atoms with Crippen LogP contribution in [0.3, 0.4) is 0 Å². The molecule has 1 heterocycles. The molecule has 0 spiro atoms. The Balaban J connectivity index is 2.18. The number of nitrogens with one attached hydrogen (secondary N) is 1. The van der Waals surface area contributed by atoms with E-state index in [4.69, 9.17) is 4.74 Å². The van der Waals surface area contributed by atoms with Crippen molar-refractivity contribution in [3.63, 3.8) is 0 Å². The summed E-state index contributed by atoms with van der Waals surface area (Å²) in [7, 11) is 4.27. The Labute approximate surface area is 127 Å². The molecule has 1 aromatic rings. The van der Waals surface area contributed by atoms with Gasteiger partial charge < -0.3 is 10.1 Å². The van der Waals surface area contributed by atoms with Crippen LogP contribution in [0.4, 0.5) is 0 Å². The second-order valence-corrected chi connectivity index (χ2v) is 6.78. The highest BCUT2D eigenvalue weighted by atomic mass is 32.2. The van der Waals surface area contributed by atoms with Crippen molar-refractivity contribution in [3.05, 3.63) is 29.8 Å². The van der Waals surface area contributed by atoms with Crippen molar-refractivity contribution in [2.45, 2.75) is 32.0 Å². The summed E-state index contributed by atoms with van der Waals surface area (Å²) in [5.41, 5.74) is 1.31. The van der Waals surface area contributed by atoms with Crippen molar-refractivity contribution < 1.29 is 4.74 Å². The third-order valence-electron chi connectivity index (χ3n) is 3.73. The molecular weight excluding hydrogens is 268 g/mol. The molecule has 0 aliphatic carbocycles. The van der Waals surface area contributed by atoms with Gasteiger partial charge in [0.1, 0.15) is 5.75 Å². The maximum atomic E-state index is 5.82. The Hall–Kier alpha value is -0.710. The highest BCUT2D eigenvalue weighted by molar-refractivity contribution is 7.99. The van der Waals surface area contributed by atoms with Crippen LogP contribution in [0.15, 0.2) is 24.3 Å². The molecule has 1 aliphatic rings. The number of ether oxygens (including phenoxy) is 1. The number of rotatable bonds is 5. The first kappa shape index (κ1) is 15.7. The molecule has 112 valence electrons. The zero-order valence-corrected chi connectivity index (χ0v) is 13.7. The molecule has 1 saturated heterocycles. The summed E-state index contributed by atoms with van der Waals surface area (Å²) in [5, 5.41) is 3.49. The van der Waals surface area contributed by atoms with Crippen LogP contribution in [-0.2, 0) is 0 Å². The highest BCUT2D eigenvalue weighted by Gasteiger charge is 2.28. The zero-order valence-electron chi connectivity index (χ0n) is 12.9. The van der Waals surface area contributed by atoms with Gasteiger partial charge in [0.2, 0.25) is 0 Å². The minimum atomic E-state index is 0.214. The number of thioether (sulfide) groups is 1. The maximum absolute atomic E-state index is 5.82. The van der Waals surface area contributed by atoms with Crippen molar-refractivity contribution >= 4 is 11.8 Å². The topological polar surface area (TPSA) is 24.5 Å². The predicted octanol–water partition coefficient (Wildman–Crippen LogP) is 2.78. The quantitative estimate of drug-likeness (QED) is 0.902. The van der Waals surface area contributed by atoms with E-state index >= 15 is 0 Å². The molecule has 1 fully saturated rings. The lowest BCUT2D eigenvalue weighted by atomic mass is 9.99. The van der Waals surface area contributed by atoms with Gasteiger partial charge in [-0.1, -0.05) is 12.1 Å². The standard InChI is InChI=1S/C16H26N2OS/c1-12(2)19-14-7-5-6-13(10-14)16(17-3)15-11-20-9-8-18(15)4/h5-7,10,12,15-17H,8-9,11H2,1-4H3. The number of nitrogens with zero attached hydrogens (tertiary/aromatic N) is 1. The van der Waals surface area contributed by atoms with Gasteiger partial charge in [-0.2, -0.15) is 11.8 Å². The zero-order chi connectivity index (χ0) is 14.5. The van der Waals surface area contributed by atoms with E-state index in [1.807, 2.05) is 24.9 Å². The van der Waals surface area contributed by atoms with E-state index in [0.717, 1.165) is 12.3 Å². The van der Waals surface area contributed by atoms with Crippen LogP contribution in [0.5, 0.6) is 5.75 Å². The molecule has 1 aliphatic heterocycles. The number of likely N-dealkylation sites (N-methyl/N-ethyl adjacent to an activating group) is 2. The largest absolute Gasteiger partial charge is 0.491 e. The van der Waals surface area contributed by atoms with Crippen LogP contribution in [0, 0.1) is 0 Å². The smallest absolute Gasteiger partial charge is 0.120 e. The van der Waals surface area contributed by atoms with Gasteiger partial charge in [0.25, 0.3) is 0 Å². The van der Waals surface area contributed by atoms with Crippen molar-refractivity contribution in [3.8, 4) is 5.75 Å². The van der Waals surface area contributed by atoms with Crippen LogP contribution in [0.2, 0.25) is 0 Å². The van der Waals surface area contributed by atoms with E-state index in [1.165, 1.54) is 17.1 Å². The first-order chi connectivity index (χ1) is 9.61. The van der Waals surface area contributed by atoms with Crippen molar-refractivity contribution in [1.82, 2.24) is 10.2 Å². The molecule has 2 atom stereocenters. The summed E-state index contributed by atoms with van der Waals surface area (Å²) in [6.07, 6.45) is 0.214. The molecule has 0 bridgehead atoms. The van der Waals surface area contributed by atoms with E-state index < -0.39 is 0 Å². The molecule has 1 N–H and O–H groups in total. The lowest BCUT2D eigenvalue weighted by Crippen LogP contribution is -2.47. The summed E-state index contributed by atoms with van der Waals surface area (Å²) >= 11 is 2.05. The van der Waals surface area contributed by atoms with E-state index in [-0.39, 0.29) is 6.10 Å². The summed E-state index contributed by atoms with van der Waals surface area (Å²) in [5.74, 6) is 3.38. The van der Waals surface area contributed by atoms with Gasteiger partial charge in [0.15, 0.2) is 0 Å². The van der Waals surface area contributed by atoms with Crippen LogP contribution >= 0.6 is 11.8 Å². The average molecular weight is 294 g/mol. The van der Waals surface area contributed by atoms with Gasteiger partial charge in [0, 0.05) is 30.1 Å². The monoisotopic (exact) mass is 294 g/mol. The Morgan fingerprint density at radius 3 is 2.85 bits per heavy atom. The van der Waals surface area contributed by atoms with Crippen molar-refractivity contribution in [2.24, 2.45) is 0 Å². The van der Waals surface area contributed by atoms with E-state index in [9.17, 15) is 0 Å². The molecule has 1 aromatic carbocycles. The van der Waals surface area contributed by atoms with Crippen LogP contribution in [0.1, 0.15) is 25.5 Å². The summed E-state index contributed by atoms with van der Waals surface area (Å²) in [4.78, 5) is 2.47. The summed E-state index contributed by atoms with van der Waals surface area (Å²) in [6.45, 7) is 5.29. The highest BCUT2D eigenvalue weighted by Crippen LogP contribution is 2.28. The molecule has 2 rings (SSSR count). The van der Waals surface area contributed by atoms with E-state index in [0.29, 0.717) is 12.1 Å². The molecule has 3 nitrogen and oxygen atoms in total. The fourth-order valence-electron chi connectivity index (χ4n) is 2.69. The molecule has 0 amide bonds. The Morgan fingerprint density at radius 1 is 1.40 bits per heavy atom. The third kappa shape index (κ3) is 3.90. The predicted molar refractivity (Wildman–Crippen MR) is 87.7 cm³/mol.